The first-order chi connectivity index (χ1) is 11.2. The molecule has 1 saturated heterocycles. The maximum absolute atomic E-state index is 12.7. The number of para-hydroxylation sites is 1. The minimum atomic E-state index is -0.416. The topological polar surface area (TPSA) is 49.8 Å². The minimum Gasteiger partial charge on any atom is -0.489 e. The fraction of sp³-hybridized carbons (Fsp3) is 0.316. The van der Waals surface area contributed by atoms with Crippen molar-refractivity contribution in [3.63, 3.8) is 0 Å². The fourth-order valence-electron chi connectivity index (χ4n) is 2.84. The number of β-amino-alcohol motifs (C(OH)–C–C–N with tert-alkyl or cyclic N) is 1. The van der Waals surface area contributed by atoms with Crippen LogP contribution >= 0.6 is 0 Å². The molecule has 1 amide bonds. The van der Waals surface area contributed by atoms with Gasteiger partial charge >= 0.3 is 0 Å². The molecule has 4 heteroatoms. The van der Waals surface area contributed by atoms with Crippen molar-refractivity contribution in [1.29, 1.82) is 0 Å². The molecule has 1 aliphatic heterocycles. The summed E-state index contributed by atoms with van der Waals surface area (Å²) in [5, 5.41) is 9.78. The first-order valence-electron chi connectivity index (χ1n) is 7.97. The molecule has 0 aliphatic carbocycles. The minimum absolute atomic E-state index is 0.0315. The third-order valence-electron chi connectivity index (χ3n) is 4.07. The Labute approximate surface area is 136 Å². The van der Waals surface area contributed by atoms with Crippen molar-refractivity contribution in [3.8, 4) is 5.75 Å². The van der Waals surface area contributed by atoms with Gasteiger partial charge in [-0.15, -0.1) is 0 Å². The molecule has 4 nitrogen and oxygen atoms in total. The molecule has 2 aromatic carbocycles. The molecule has 1 N–H and O–H groups in total. The second kappa shape index (κ2) is 7.29. The summed E-state index contributed by atoms with van der Waals surface area (Å²) in [6, 6.07) is 17.1. The van der Waals surface area contributed by atoms with E-state index < -0.39 is 6.10 Å². The van der Waals surface area contributed by atoms with Crippen LogP contribution in [0.4, 0.5) is 0 Å². The molecule has 0 spiro atoms. The van der Waals surface area contributed by atoms with Gasteiger partial charge in [0.25, 0.3) is 5.91 Å². The van der Waals surface area contributed by atoms with Crippen molar-refractivity contribution < 1.29 is 14.6 Å². The Morgan fingerprint density at radius 1 is 1.13 bits per heavy atom. The Balaban J connectivity index is 1.73. The number of piperidine rings is 1. The zero-order chi connectivity index (χ0) is 16.1. The van der Waals surface area contributed by atoms with E-state index in [0.29, 0.717) is 25.3 Å². The van der Waals surface area contributed by atoms with Crippen molar-refractivity contribution >= 4 is 5.91 Å². The summed E-state index contributed by atoms with van der Waals surface area (Å²) in [5.74, 6) is 0.749. The number of rotatable bonds is 4. The largest absolute Gasteiger partial charge is 0.489 e. The van der Waals surface area contributed by atoms with Crippen LogP contribution in [0.1, 0.15) is 28.8 Å². The molecule has 0 radical (unpaired) electrons. The number of benzene rings is 2. The number of likely N-dealkylation sites (tertiary alicyclic amines) is 1. The van der Waals surface area contributed by atoms with Crippen LogP contribution in [0.25, 0.3) is 0 Å². The molecule has 0 bridgehead atoms. The summed E-state index contributed by atoms with van der Waals surface area (Å²) < 4.78 is 5.77. The van der Waals surface area contributed by atoms with E-state index in [1.54, 1.807) is 4.90 Å². The fourth-order valence-corrected chi connectivity index (χ4v) is 2.84. The molecule has 23 heavy (non-hydrogen) atoms. The summed E-state index contributed by atoms with van der Waals surface area (Å²) >= 11 is 0. The summed E-state index contributed by atoms with van der Waals surface area (Å²) in [7, 11) is 0. The van der Waals surface area contributed by atoms with Gasteiger partial charge in [0.05, 0.1) is 6.10 Å². The molecule has 120 valence electrons. The van der Waals surface area contributed by atoms with Gasteiger partial charge in [-0.1, -0.05) is 36.4 Å². The Morgan fingerprint density at radius 2 is 1.87 bits per heavy atom. The first-order valence-corrected chi connectivity index (χ1v) is 7.97. The number of aliphatic hydroxyl groups excluding tert-OH is 1. The number of amides is 1. The predicted molar refractivity (Wildman–Crippen MR) is 88.4 cm³/mol. The van der Waals surface area contributed by atoms with E-state index in [1.807, 2.05) is 54.6 Å². The van der Waals surface area contributed by atoms with Crippen molar-refractivity contribution in [3.05, 3.63) is 65.7 Å². The van der Waals surface area contributed by atoms with Crippen molar-refractivity contribution in [1.82, 2.24) is 4.90 Å². The third kappa shape index (κ3) is 3.90. The summed E-state index contributed by atoms with van der Waals surface area (Å²) in [4.78, 5) is 14.5. The normalized spacial score (nSPS) is 17.8. The Bertz CT molecular complexity index is 657. The maximum Gasteiger partial charge on any atom is 0.254 e. The van der Waals surface area contributed by atoms with Crippen molar-refractivity contribution in [2.75, 3.05) is 13.1 Å². The highest BCUT2D eigenvalue weighted by molar-refractivity contribution is 5.95. The number of nitrogens with zero attached hydrogens (tertiary/aromatic N) is 1. The highest BCUT2D eigenvalue weighted by Gasteiger charge is 2.24. The van der Waals surface area contributed by atoms with E-state index in [0.717, 1.165) is 24.2 Å². The lowest BCUT2D eigenvalue weighted by Gasteiger charge is -2.30. The van der Waals surface area contributed by atoms with E-state index in [2.05, 4.69) is 0 Å². The summed E-state index contributed by atoms with van der Waals surface area (Å²) in [6.07, 6.45) is 1.19. The molecule has 3 rings (SSSR count). The predicted octanol–water partition coefficient (Wildman–Crippen LogP) is 2.86. The van der Waals surface area contributed by atoms with Crippen molar-refractivity contribution in [2.45, 2.75) is 25.6 Å². The molecule has 2 aromatic rings. The average molecular weight is 311 g/mol. The van der Waals surface area contributed by atoms with Gasteiger partial charge in [-0.2, -0.15) is 0 Å². The number of hydrogen-bond donors (Lipinski definition) is 1. The zero-order valence-corrected chi connectivity index (χ0v) is 13.0. The lowest BCUT2D eigenvalue weighted by atomic mass is 10.0. The van der Waals surface area contributed by atoms with Crippen molar-refractivity contribution in [2.24, 2.45) is 0 Å². The number of aliphatic hydroxyl groups is 1. The van der Waals surface area contributed by atoms with Crippen LogP contribution in [-0.2, 0) is 6.61 Å². The number of carbonyl (C=O) groups excluding carboxylic acids is 1. The number of hydrogen-bond acceptors (Lipinski definition) is 3. The Kier molecular flexibility index (Phi) is 4.93. The first kappa shape index (κ1) is 15.6. The van der Waals surface area contributed by atoms with E-state index in [-0.39, 0.29) is 5.91 Å². The molecular weight excluding hydrogens is 290 g/mol. The standard InChI is InChI=1S/C19H21NO3/c21-16-8-6-12-20(13-16)19(22)18-11-5-4-7-15(18)14-23-17-9-2-1-3-10-17/h1-5,7,9-11,16,21H,6,8,12-14H2. The van der Waals surface area contributed by atoms with Gasteiger partial charge in [0, 0.05) is 24.2 Å². The van der Waals surface area contributed by atoms with Crippen LogP contribution in [0, 0.1) is 0 Å². The van der Waals surface area contributed by atoms with Gasteiger partial charge in [0.2, 0.25) is 0 Å². The quantitative estimate of drug-likeness (QED) is 0.944. The van der Waals surface area contributed by atoms with E-state index in [1.165, 1.54) is 0 Å². The van der Waals surface area contributed by atoms with Crippen LogP contribution in [-0.4, -0.2) is 35.1 Å². The highest BCUT2D eigenvalue weighted by atomic mass is 16.5. The van der Waals surface area contributed by atoms with E-state index >= 15 is 0 Å². The zero-order valence-electron chi connectivity index (χ0n) is 13.0. The SMILES string of the molecule is O=C(c1ccccc1COc1ccccc1)N1CCCC(O)C1. The Morgan fingerprint density at radius 3 is 2.65 bits per heavy atom. The second-order valence-corrected chi connectivity index (χ2v) is 5.81. The van der Waals surface area contributed by atoms with Gasteiger partial charge in [-0.05, 0) is 31.0 Å². The monoisotopic (exact) mass is 311 g/mol. The van der Waals surface area contributed by atoms with Crippen LogP contribution in [0.5, 0.6) is 5.75 Å². The van der Waals surface area contributed by atoms with Gasteiger partial charge < -0.3 is 14.7 Å². The van der Waals surface area contributed by atoms with E-state index in [4.69, 9.17) is 4.74 Å². The highest BCUT2D eigenvalue weighted by Crippen LogP contribution is 2.19. The van der Waals surface area contributed by atoms with Crippen LogP contribution in [0.15, 0.2) is 54.6 Å². The number of ether oxygens (including phenoxy) is 1. The lowest BCUT2D eigenvalue weighted by Crippen LogP contribution is -2.42. The third-order valence-corrected chi connectivity index (χ3v) is 4.07. The van der Waals surface area contributed by atoms with Crippen LogP contribution in [0.3, 0.4) is 0 Å². The second-order valence-electron chi connectivity index (χ2n) is 5.81. The average Bonchev–Trinajstić information content (AvgIpc) is 2.60. The van der Waals surface area contributed by atoms with Gasteiger partial charge in [-0.3, -0.25) is 4.79 Å². The maximum atomic E-state index is 12.7. The molecular formula is C19H21NO3. The smallest absolute Gasteiger partial charge is 0.254 e. The van der Waals surface area contributed by atoms with E-state index in [9.17, 15) is 9.90 Å². The van der Waals surface area contributed by atoms with Gasteiger partial charge in [0.15, 0.2) is 0 Å². The lowest BCUT2D eigenvalue weighted by molar-refractivity contribution is 0.0471. The molecule has 0 aromatic heterocycles. The molecule has 1 heterocycles. The number of carbonyl (C=O) groups is 1. The molecule has 1 unspecified atom stereocenters. The summed E-state index contributed by atoms with van der Waals surface area (Å²) in [6.45, 7) is 1.46. The molecule has 1 fully saturated rings. The summed E-state index contributed by atoms with van der Waals surface area (Å²) in [5.41, 5.74) is 1.51. The van der Waals surface area contributed by atoms with Crippen LogP contribution in [0.2, 0.25) is 0 Å². The van der Waals surface area contributed by atoms with Crippen LogP contribution < -0.4 is 4.74 Å². The van der Waals surface area contributed by atoms with Gasteiger partial charge in [-0.25, -0.2) is 0 Å². The van der Waals surface area contributed by atoms with Gasteiger partial charge in [0.1, 0.15) is 12.4 Å². The Hall–Kier alpha value is -2.33. The molecule has 0 saturated carbocycles. The molecule has 1 atom stereocenters. The molecule has 1 aliphatic rings.